The Morgan fingerprint density at radius 3 is 2.79 bits per heavy atom. The molecule has 5 rings (SSSR count). The minimum absolute atomic E-state index is 0.0207. The minimum Gasteiger partial charge on any atom is -0.310 e. The average molecular weight is 256 g/mol. The molecule has 0 atom stereocenters. The number of nitrogens with one attached hydrogen (secondary N) is 1. The zero-order chi connectivity index (χ0) is 13.0. The Kier molecular flexibility index (Phi) is 2.09. The van der Waals surface area contributed by atoms with Crippen molar-refractivity contribution in [1.82, 2.24) is 9.78 Å². The molecule has 0 unspecified atom stereocenters. The summed E-state index contributed by atoms with van der Waals surface area (Å²) in [6.07, 6.45) is 7.90. The van der Waals surface area contributed by atoms with Crippen LogP contribution < -0.4 is 5.32 Å². The molecule has 0 saturated heterocycles. The monoisotopic (exact) mass is 256 g/mol. The molecule has 98 valence electrons. The highest BCUT2D eigenvalue weighted by Crippen LogP contribution is 2.62. The molecule has 5 nitrogen and oxygen atoms in total. The van der Waals surface area contributed by atoms with Gasteiger partial charge in [-0.3, -0.25) is 4.79 Å². The Morgan fingerprint density at radius 2 is 2.26 bits per heavy atom. The van der Waals surface area contributed by atoms with Crippen LogP contribution in [-0.4, -0.2) is 15.7 Å². The van der Waals surface area contributed by atoms with E-state index in [9.17, 15) is 4.79 Å². The van der Waals surface area contributed by atoms with Gasteiger partial charge in [0, 0.05) is 6.42 Å². The summed E-state index contributed by atoms with van der Waals surface area (Å²) in [6, 6.07) is 2.13. The number of aromatic nitrogens is 2. The smallest absolute Gasteiger partial charge is 0.225 e. The molecule has 1 aromatic heterocycles. The summed E-state index contributed by atoms with van der Waals surface area (Å²) >= 11 is 0. The molecule has 1 heterocycles. The van der Waals surface area contributed by atoms with Gasteiger partial charge in [-0.2, -0.15) is 10.4 Å². The number of anilines is 1. The van der Waals surface area contributed by atoms with Crippen LogP contribution >= 0.6 is 0 Å². The summed E-state index contributed by atoms with van der Waals surface area (Å²) in [6.45, 7) is 0. The van der Waals surface area contributed by atoms with Gasteiger partial charge in [0.2, 0.25) is 5.91 Å². The number of nitrogens with zero attached hydrogens (tertiary/aromatic N) is 3. The number of hydrogen-bond acceptors (Lipinski definition) is 3. The number of hydrogen-bond donors (Lipinski definition) is 1. The van der Waals surface area contributed by atoms with E-state index in [0.717, 1.165) is 38.0 Å². The maximum atomic E-state index is 12.0. The molecule has 1 aromatic rings. The first-order chi connectivity index (χ1) is 9.20. The van der Waals surface area contributed by atoms with Crippen molar-refractivity contribution in [2.75, 3.05) is 5.32 Å². The van der Waals surface area contributed by atoms with Gasteiger partial charge in [-0.1, -0.05) is 0 Å². The van der Waals surface area contributed by atoms with Crippen molar-refractivity contribution in [3.05, 3.63) is 11.8 Å². The second-order valence-electron chi connectivity index (χ2n) is 6.33. The quantitative estimate of drug-likeness (QED) is 0.895. The van der Waals surface area contributed by atoms with Crippen molar-refractivity contribution in [3.63, 3.8) is 0 Å². The van der Waals surface area contributed by atoms with E-state index < -0.39 is 0 Å². The van der Waals surface area contributed by atoms with E-state index in [4.69, 9.17) is 5.26 Å². The third-order valence-corrected chi connectivity index (χ3v) is 4.77. The Morgan fingerprint density at radius 1 is 1.53 bits per heavy atom. The zero-order valence-electron chi connectivity index (χ0n) is 10.7. The van der Waals surface area contributed by atoms with Crippen LogP contribution in [0.1, 0.15) is 44.1 Å². The van der Waals surface area contributed by atoms with E-state index in [2.05, 4.69) is 16.5 Å². The highest BCUT2D eigenvalue weighted by molar-refractivity contribution is 5.91. The van der Waals surface area contributed by atoms with Crippen molar-refractivity contribution in [2.24, 2.45) is 11.8 Å². The molecular formula is C14H16N4O. The summed E-state index contributed by atoms with van der Waals surface area (Å²) in [4.78, 5) is 12.0. The highest BCUT2D eigenvalue weighted by Gasteiger charge is 2.59. The van der Waals surface area contributed by atoms with Crippen LogP contribution in [0.5, 0.6) is 0 Å². The fourth-order valence-corrected chi connectivity index (χ4v) is 3.37. The molecule has 0 aromatic carbocycles. The van der Waals surface area contributed by atoms with Crippen molar-refractivity contribution in [2.45, 2.75) is 44.1 Å². The standard InChI is InChI=1S/C14H16N4O/c15-7-11-8-16-18(14-4-10(5-14)6-14)13(11)17-12(19)3-9-1-2-9/h8-10H,1-6H2,(H,17,19). The molecule has 0 aliphatic heterocycles. The molecule has 2 bridgehead atoms. The first kappa shape index (κ1) is 11.0. The fourth-order valence-electron chi connectivity index (χ4n) is 3.37. The Hall–Kier alpha value is -1.83. The maximum absolute atomic E-state index is 12.0. The predicted octanol–water partition coefficient (Wildman–Crippen LogP) is 2.00. The molecule has 4 aliphatic carbocycles. The van der Waals surface area contributed by atoms with Crippen LogP contribution in [0.15, 0.2) is 6.20 Å². The van der Waals surface area contributed by atoms with Crippen LogP contribution in [-0.2, 0) is 10.3 Å². The summed E-state index contributed by atoms with van der Waals surface area (Å²) in [7, 11) is 0. The number of rotatable bonds is 4. The zero-order valence-corrected chi connectivity index (χ0v) is 10.7. The Balaban J connectivity index is 1.59. The summed E-state index contributed by atoms with van der Waals surface area (Å²) < 4.78 is 1.90. The van der Waals surface area contributed by atoms with Gasteiger partial charge in [0.15, 0.2) is 0 Å². The molecular weight excluding hydrogens is 240 g/mol. The lowest BCUT2D eigenvalue weighted by Gasteiger charge is -2.61. The van der Waals surface area contributed by atoms with Crippen molar-refractivity contribution < 1.29 is 4.79 Å². The van der Waals surface area contributed by atoms with E-state index in [1.165, 1.54) is 0 Å². The topological polar surface area (TPSA) is 70.7 Å². The second-order valence-corrected chi connectivity index (χ2v) is 6.33. The fraction of sp³-hybridized carbons (Fsp3) is 0.643. The lowest BCUT2D eigenvalue weighted by molar-refractivity contribution is -0.117. The van der Waals surface area contributed by atoms with Crippen LogP contribution in [0, 0.1) is 23.2 Å². The summed E-state index contributed by atoms with van der Waals surface area (Å²) in [5, 5.41) is 16.4. The Labute approximate surface area is 111 Å². The predicted molar refractivity (Wildman–Crippen MR) is 68.2 cm³/mol. The molecule has 19 heavy (non-hydrogen) atoms. The molecule has 0 spiro atoms. The van der Waals surface area contributed by atoms with E-state index in [0.29, 0.717) is 23.7 Å². The SMILES string of the molecule is N#Cc1cnn(C23CC(C2)C3)c1NC(=O)CC1CC1. The number of nitriles is 1. The maximum Gasteiger partial charge on any atom is 0.225 e. The van der Waals surface area contributed by atoms with Crippen molar-refractivity contribution >= 4 is 11.7 Å². The second kappa shape index (κ2) is 3.60. The molecule has 1 N–H and O–H groups in total. The van der Waals surface area contributed by atoms with Gasteiger partial charge in [0.25, 0.3) is 0 Å². The van der Waals surface area contributed by atoms with Gasteiger partial charge in [-0.05, 0) is 43.9 Å². The third-order valence-electron chi connectivity index (χ3n) is 4.77. The van der Waals surface area contributed by atoms with Gasteiger partial charge < -0.3 is 5.32 Å². The molecule has 4 aliphatic rings. The highest BCUT2D eigenvalue weighted by atomic mass is 16.1. The molecule has 4 fully saturated rings. The summed E-state index contributed by atoms with van der Waals surface area (Å²) in [5.41, 5.74) is 0.580. The van der Waals surface area contributed by atoms with Gasteiger partial charge >= 0.3 is 0 Å². The van der Waals surface area contributed by atoms with Crippen LogP contribution in [0.3, 0.4) is 0 Å². The minimum atomic E-state index is 0.0207. The van der Waals surface area contributed by atoms with Crippen LogP contribution in [0.2, 0.25) is 0 Å². The van der Waals surface area contributed by atoms with Crippen LogP contribution in [0.25, 0.3) is 0 Å². The molecule has 4 saturated carbocycles. The first-order valence-electron chi connectivity index (χ1n) is 6.99. The first-order valence-corrected chi connectivity index (χ1v) is 6.99. The van der Waals surface area contributed by atoms with E-state index in [1.54, 1.807) is 6.20 Å². The molecule has 1 amide bonds. The van der Waals surface area contributed by atoms with E-state index in [-0.39, 0.29) is 11.4 Å². The van der Waals surface area contributed by atoms with Gasteiger partial charge in [0.1, 0.15) is 17.5 Å². The van der Waals surface area contributed by atoms with Gasteiger partial charge in [0.05, 0.1) is 11.7 Å². The average Bonchev–Trinajstić information content (AvgIpc) is 2.98. The Bertz CT molecular complexity index is 576. The number of amides is 1. The molecule has 5 heteroatoms. The normalized spacial score (nSPS) is 31.0. The van der Waals surface area contributed by atoms with Gasteiger partial charge in [-0.15, -0.1) is 0 Å². The van der Waals surface area contributed by atoms with Crippen molar-refractivity contribution in [3.8, 4) is 6.07 Å². The third kappa shape index (κ3) is 1.59. The largest absolute Gasteiger partial charge is 0.310 e. The van der Waals surface area contributed by atoms with E-state index in [1.807, 2.05) is 4.68 Å². The lowest BCUT2D eigenvalue weighted by Crippen LogP contribution is -2.59. The summed E-state index contributed by atoms with van der Waals surface area (Å²) in [5.74, 6) is 2.03. The molecule has 0 radical (unpaired) electrons. The number of carbonyl (C=O) groups excluding carboxylic acids is 1. The van der Waals surface area contributed by atoms with Crippen molar-refractivity contribution in [1.29, 1.82) is 5.26 Å². The number of carbonyl (C=O) groups is 1. The van der Waals surface area contributed by atoms with Crippen LogP contribution in [0.4, 0.5) is 5.82 Å². The van der Waals surface area contributed by atoms with Gasteiger partial charge in [-0.25, -0.2) is 4.68 Å². The lowest BCUT2D eigenvalue weighted by atomic mass is 9.50. The van der Waals surface area contributed by atoms with E-state index >= 15 is 0 Å².